The summed E-state index contributed by atoms with van der Waals surface area (Å²) in [6, 6.07) is 14.6. The van der Waals surface area contributed by atoms with Gasteiger partial charge in [0.05, 0.1) is 0 Å². The molecule has 0 radical (unpaired) electrons. The lowest BCUT2D eigenvalue weighted by Crippen LogP contribution is -2.39. The van der Waals surface area contributed by atoms with E-state index in [0.717, 1.165) is 36.6 Å². The van der Waals surface area contributed by atoms with E-state index in [0.29, 0.717) is 19.5 Å². The first-order valence-electron chi connectivity index (χ1n) is 9.63. The van der Waals surface area contributed by atoms with Crippen molar-refractivity contribution in [3.05, 3.63) is 65.5 Å². The molecule has 28 heavy (non-hydrogen) atoms. The maximum atomic E-state index is 13.3. The number of amides is 1. The fraction of sp³-hybridized carbons (Fsp3) is 0.364. The summed E-state index contributed by atoms with van der Waals surface area (Å²) in [6.07, 6.45) is 2.15. The van der Waals surface area contributed by atoms with Crippen LogP contribution in [0, 0.1) is 5.82 Å². The van der Waals surface area contributed by atoms with Crippen molar-refractivity contribution in [2.45, 2.75) is 25.8 Å². The van der Waals surface area contributed by atoms with Crippen LogP contribution in [0.5, 0.6) is 0 Å². The van der Waals surface area contributed by atoms with Crippen molar-refractivity contribution in [1.29, 1.82) is 0 Å². The van der Waals surface area contributed by atoms with Gasteiger partial charge in [-0.1, -0.05) is 30.3 Å². The fourth-order valence-corrected chi connectivity index (χ4v) is 3.54. The highest BCUT2D eigenvalue weighted by Crippen LogP contribution is 2.27. The van der Waals surface area contributed by atoms with E-state index >= 15 is 0 Å². The lowest BCUT2D eigenvalue weighted by molar-refractivity contribution is -0.118. The van der Waals surface area contributed by atoms with Crippen LogP contribution in [-0.4, -0.2) is 44.0 Å². The van der Waals surface area contributed by atoms with Gasteiger partial charge in [-0.2, -0.15) is 0 Å². The van der Waals surface area contributed by atoms with Crippen LogP contribution in [-0.2, 0) is 17.8 Å². The van der Waals surface area contributed by atoms with E-state index in [9.17, 15) is 9.18 Å². The predicted octanol–water partition coefficient (Wildman–Crippen LogP) is 3.20. The zero-order chi connectivity index (χ0) is 19.9. The second-order valence-corrected chi connectivity index (χ2v) is 6.99. The highest BCUT2D eigenvalue weighted by Gasteiger charge is 2.23. The standard InChI is InChI=1S/C22H27FN4O/c1-24-22(26(2)16-17-7-5-9-19(23)15-17)25-13-6-11-21(28)27-14-12-18-8-3-4-10-20(18)27/h3-5,7-10,15H,6,11-14,16H2,1-2H3,(H,24,25). The molecule has 2 aromatic rings. The highest BCUT2D eigenvalue weighted by atomic mass is 19.1. The molecule has 0 bridgehead atoms. The molecule has 0 aliphatic carbocycles. The normalized spacial score (nSPS) is 13.4. The Bertz CT molecular complexity index is 852. The maximum Gasteiger partial charge on any atom is 0.227 e. The van der Waals surface area contributed by atoms with E-state index in [1.165, 1.54) is 17.7 Å². The minimum absolute atomic E-state index is 0.162. The average molecular weight is 382 g/mol. The van der Waals surface area contributed by atoms with Gasteiger partial charge in [-0.25, -0.2) is 4.39 Å². The Morgan fingerprint density at radius 3 is 2.86 bits per heavy atom. The number of hydrogen-bond acceptors (Lipinski definition) is 2. The molecule has 1 amide bonds. The Hall–Kier alpha value is -2.89. The van der Waals surface area contributed by atoms with E-state index in [2.05, 4.69) is 16.4 Å². The quantitative estimate of drug-likeness (QED) is 0.474. The molecule has 0 fully saturated rings. The minimum atomic E-state index is -0.240. The van der Waals surface area contributed by atoms with Crippen LogP contribution in [0.15, 0.2) is 53.5 Å². The number of benzene rings is 2. The van der Waals surface area contributed by atoms with Gasteiger partial charge in [0.1, 0.15) is 5.82 Å². The van der Waals surface area contributed by atoms with Crippen LogP contribution in [0.2, 0.25) is 0 Å². The van der Waals surface area contributed by atoms with Crippen molar-refractivity contribution < 1.29 is 9.18 Å². The zero-order valence-electron chi connectivity index (χ0n) is 16.5. The highest BCUT2D eigenvalue weighted by molar-refractivity contribution is 5.95. The fourth-order valence-electron chi connectivity index (χ4n) is 3.54. The van der Waals surface area contributed by atoms with Crippen LogP contribution in [0.25, 0.3) is 0 Å². The van der Waals surface area contributed by atoms with Crippen molar-refractivity contribution in [2.75, 3.05) is 32.1 Å². The average Bonchev–Trinajstić information content (AvgIpc) is 3.12. The van der Waals surface area contributed by atoms with Gasteiger partial charge in [-0.3, -0.25) is 9.79 Å². The van der Waals surface area contributed by atoms with Crippen molar-refractivity contribution in [3.8, 4) is 0 Å². The van der Waals surface area contributed by atoms with E-state index < -0.39 is 0 Å². The smallest absolute Gasteiger partial charge is 0.227 e. The van der Waals surface area contributed by atoms with Crippen molar-refractivity contribution in [2.24, 2.45) is 4.99 Å². The second-order valence-electron chi connectivity index (χ2n) is 6.99. The predicted molar refractivity (Wildman–Crippen MR) is 111 cm³/mol. The van der Waals surface area contributed by atoms with Crippen molar-refractivity contribution >= 4 is 17.6 Å². The van der Waals surface area contributed by atoms with E-state index in [-0.39, 0.29) is 11.7 Å². The third-order valence-electron chi connectivity index (χ3n) is 4.92. The lowest BCUT2D eigenvalue weighted by Gasteiger charge is -2.22. The van der Waals surface area contributed by atoms with E-state index in [1.54, 1.807) is 13.1 Å². The third-order valence-corrected chi connectivity index (χ3v) is 4.92. The maximum absolute atomic E-state index is 13.3. The van der Waals surface area contributed by atoms with Gasteiger partial charge in [-0.05, 0) is 42.2 Å². The first-order valence-corrected chi connectivity index (χ1v) is 9.63. The number of anilines is 1. The molecule has 148 valence electrons. The Labute approximate surface area is 165 Å². The summed E-state index contributed by atoms with van der Waals surface area (Å²) in [5.41, 5.74) is 3.17. The third kappa shape index (κ3) is 4.88. The number of nitrogens with one attached hydrogen (secondary N) is 1. The molecule has 0 atom stereocenters. The molecule has 0 saturated carbocycles. The number of nitrogens with zero attached hydrogens (tertiary/aromatic N) is 3. The van der Waals surface area contributed by atoms with Gasteiger partial charge < -0.3 is 15.1 Å². The summed E-state index contributed by atoms with van der Waals surface area (Å²) < 4.78 is 13.3. The molecule has 0 spiro atoms. The molecular weight excluding hydrogens is 355 g/mol. The van der Waals surface area contributed by atoms with Gasteiger partial charge >= 0.3 is 0 Å². The Kier molecular flexibility index (Phi) is 6.63. The number of guanidine groups is 1. The molecule has 0 saturated heterocycles. The van der Waals surface area contributed by atoms with Crippen LogP contribution in [0.4, 0.5) is 10.1 Å². The zero-order valence-corrected chi connectivity index (χ0v) is 16.5. The minimum Gasteiger partial charge on any atom is -0.356 e. The summed E-state index contributed by atoms with van der Waals surface area (Å²) in [5.74, 6) is 0.647. The molecule has 6 heteroatoms. The van der Waals surface area contributed by atoms with Crippen LogP contribution in [0.1, 0.15) is 24.0 Å². The van der Waals surface area contributed by atoms with Gasteiger partial charge in [0.25, 0.3) is 0 Å². The first kappa shape index (κ1) is 19.9. The van der Waals surface area contributed by atoms with Gasteiger partial charge in [0, 0.05) is 45.8 Å². The molecule has 0 aromatic heterocycles. The molecule has 0 unspecified atom stereocenters. The molecule has 3 rings (SSSR count). The number of carbonyl (C=O) groups is 1. The second kappa shape index (κ2) is 9.35. The summed E-state index contributed by atoms with van der Waals surface area (Å²) in [4.78, 5) is 20.7. The van der Waals surface area contributed by atoms with Crippen LogP contribution < -0.4 is 10.2 Å². The number of hydrogen-bond donors (Lipinski definition) is 1. The van der Waals surface area contributed by atoms with Gasteiger partial charge in [0.2, 0.25) is 5.91 Å². The van der Waals surface area contributed by atoms with E-state index in [1.807, 2.05) is 41.1 Å². The molecule has 1 N–H and O–H groups in total. The summed E-state index contributed by atoms with van der Waals surface area (Å²) in [6.45, 7) is 1.98. The monoisotopic (exact) mass is 382 g/mol. The number of para-hydroxylation sites is 1. The van der Waals surface area contributed by atoms with Crippen LogP contribution in [0.3, 0.4) is 0 Å². The molecule has 1 aliphatic rings. The Morgan fingerprint density at radius 1 is 1.25 bits per heavy atom. The first-order chi connectivity index (χ1) is 13.6. The summed E-state index contributed by atoms with van der Waals surface area (Å²) in [5, 5.41) is 3.28. The number of halogens is 1. The molecule has 2 aromatic carbocycles. The molecular formula is C22H27FN4O. The Balaban J connectivity index is 1.44. The Morgan fingerprint density at radius 2 is 2.07 bits per heavy atom. The van der Waals surface area contributed by atoms with E-state index in [4.69, 9.17) is 0 Å². The topological polar surface area (TPSA) is 47.9 Å². The summed E-state index contributed by atoms with van der Waals surface area (Å²) in [7, 11) is 3.63. The number of rotatable bonds is 6. The van der Waals surface area contributed by atoms with Crippen molar-refractivity contribution in [1.82, 2.24) is 10.2 Å². The molecule has 1 heterocycles. The summed E-state index contributed by atoms with van der Waals surface area (Å²) >= 11 is 0. The largest absolute Gasteiger partial charge is 0.356 e. The van der Waals surface area contributed by atoms with Gasteiger partial charge in [0.15, 0.2) is 5.96 Å². The SMILES string of the molecule is CN=C(NCCCC(=O)N1CCc2ccccc21)N(C)Cc1cccc(F)c1. The lowest BCUT2D eigenvalue weighted by atomic mass is 10.2. The van der Waals surface area contributed by atoms with Crippen molar-refractivity contribution in [3.63, 3.8) is 0 Å². The number of aliphatic imine (C=N–C) groups is 1. The molecule has 5 nitrogen and oxygen atoms in total. The van der Waals surface area contributed by atoms with Gasteiger partial charge in [-0.15, -0.1) is 0 Å². The van der Waals surface area contributed by atoms with Crippen LogP contribution >= 0.6 is 0 Å². The molecule has 1 aliphatic heterocycles. The number of carbonyl (C=O) groups excluding carboxylic acids is 1. The number of fused-ring (bicyclic) bond motifs is 1.